The molecule has 3 rings (SSSR count). The molecule has 0 saturated heterocycles. The minimum absolute atomic E-state index is 0.170. The molecule has 116 valence electrons. The molecule has 0 fully saturated rings. The molecule has 1 aromatic heterocycles. The average molecular weight is 297 g/mol. The summed E-state index contributed by atoms with van der Waals surface area (Å²) in [5, 5.41) is 0. The first-order chi connectivity index (χ1) is 10.6. The predicted octanol–water partition coefficient (Wildman–Crippen LogP) is 3.30. The number of imidazole rings is 1. The van der Waals surface area contributed by atoms with E-state index in [1.54, 1.807) is 7.11 Å². The number of aromatic nitrogens is 2. The molecule has 0 N–H and O–H groups in total. The molecule has 0 bridgehead atoms. The van der Waals surface area contributed by atoms with Crippen LogP contribution in [0.1, 0.15) is 19.4 Å². The summed E-state index contributed by atoms with van der Waals surface area (Å²) in [5.41, 5.74) is 6.03. The number of hydrogen-bond acceptors (Lipinski definition) is 3. The molecule has 1 aromatic carbocycles. The van der Waals surface area contributed by atoms with Crippen LogP contribution in [0.25, 0.3) is 16.6 Å². The lowest BCUT2D eigenvalue weighted by Crippen LogP contribution is -2.17. The summed E-state index contributed by atoms with van der Waals surface area (Å²) < 4.78 is 7.53. The molecule has 1 atom stereocenters. The second-order valence-corrected chi connectivity index (χ2v) is 6.14. The Hall–Kier alpha value is -2.07. The zero-order valence-electron chi connectivity index (χ0n) is 13.7. The maximum Gasteiger partial charge on any atom is 0.0959 e. The van der Waals surface area contributed by atoms with Gasteiger partial charge in [0.25, 0.3) is 0 Å². The molecule has 1 unspecified atom stereocenters. The van der Waals surface area contributed by atoms with Gasteiger partial charge in [-0.3, -0.25) is 0 Å². The number of allylic oxidation sites excluding steroid dienone is 2. The largest absolute Gasteiger partial charge is 0.380 e. The number of nitrogens with zero attached hydrogens (tertiary/aromatic N) is 3. The minimum atomic E-state index is 0.170. The molecule has 0 saturated carbocycles. The van der Waals surface area contributed by atoms with Crippen molar-refractivity contribution in [3.8, 4) is 0 Å². The van der Waals surface area contributed by atoms with E-state index in [0.717, 1.165) is 24.1 Å². The van der Waals surface area contributed by atoms with Crippen molar-refractivity contribution in [1.82, 2.24) is 14.5 Å². The Morgan fingerprint density at radius 2 is 2.18 bits per heavy atom. The molecule has 2 heterocycles. The van der Waals surface area contributed by atoms with Crippen LogP contribution < -0.4 is 0 Å². The number of rotatable bonds is 4. The van der Waals surface area contributed by atoms with E-state index < -0.39 is 0 Å². The van der Waals surface area contributed by atoms with Crippen molar-refractivity contribution in [2.24, 2.45) is 0 Å². The van der Waals surface area contributed by atoms with Crippen LogP contribution in [0, 0.1) is 0 Å². The normalized spacial score (nSPS) is 16.6. The molecule has 0 spiro atoms. The van der Waals surface area contributed by atoms with E-state index >= 15 is 0 Å². The van der Waals surface area contributed by atoms with Gasteiger partial charge in [-0.05, 0) is 37.1 Å². The first-order valence-corrected chi connectivity index (χ1v) is 7.64. The average Bonchev–Trinajstić information content (AvgIpc) is 2.88. The van der Waals surface area contributed by atoms with Crippen molar-refractivity contribution >= 4 is 16.6 Å². The molecule has 4 nitrogen and oxygen atoms in total. The number of ether oxygens (including phenoxy) is 1. The Bertz CT molecular complexity index is 742. The Morgan fingerprint density at radius 1 is 1.36 bits per heavy atom. The molecular weight excluding hydrogens is 274 g/mol. The smallest absolute Gasteiger partial charge is 0.0959 e. The Morgan fingerprint density at radius 3 is 2.91 bits per heavy atom. The SMILES string of the molecule is COC(C)Cn1cnc2ccc(C3=CN(C)CC(C)=C3)cc21. The van der Waals surface area contributed by atoms with Gasteiger partial charge in [0, 0.05) is 26.9 Å². The van der Waals surface area contributed by atoms with Crippen molar-refractivity contribution in [2.45, 2.75) is 26.5 Å². The Kier molecular flexibility index (Phi) is 4.03. The van der Waals surface area contributed by atoms with Crippen molar-refractivity contribution in [3.63, 3.8) is 0 Å². The maximum atomic E-state index is 5.37. The summed E-state index contributed by atoms with van der Waals surface area (Å²) in [7, 11) is 3.85. The third kappa shape index (κ3) is 2.92. The summed E-state index contributed by atoms with van der Waals surface area (Å²) in [6.45, 7) is 6.05. The van der Waals surface area contributed by atoms with E-state index in [4.69, 9.17) is 4.74 Å². The molecule has 0 radical (unpaired) electrons. The van der Waals surface area contributed by atoms with Crippen LogP contribution in [-0.2, 0) is 11.3 Å². The fourth-order valence-electron chi connectivity index (χ4n) is 2.92. The topological polar surface area (TPSA) is 30.3 Å². The van der Waals surface area contributed by atoms with Crippen LogP contribution in [-0.4, -0.2) is 41.3 Å². The van der Waals surface area contributed by atoms with Gasteiger partial charge in [0.05, 0.1) is 30.0 Å². The van der Waals surface area contributed by atoms with E-state index in [1.165, 1.54) is 16.7 Å². The van der Waals surface area contributed by atoms with Crippen molar-refractivity contribution in [1.29, 1.82) is 0 Å². The van der Waals surface area contributed by atoms with Gasteiger partial charge < -0.3 is 14.2 Å². The lowest BCUT2D eigenvalue weighted by molar-refractivity contribution is 0.104. The second kappa shape index (κ2) is 5.97. The molecular formula is C18H23N3O. The molecule has 0 amide bonds. The Labute approximate surface area is 131 Å². The summed E-state index contributed by atoms with van der Waals surface area (Å²) in [4.78, 5) is 6.71. The molecule has 1 aliphatic heterocycles. The highest BCUT2D eigenvalue weighted by atomic mass is 16.5. The molecule has 4 heteroatoms. The first kappa shape index (κ1) is 14.9. The lowest BCUT2D eigenvalue weighted by atomic mass is 10.0. The number of likely N-dealkylation sites (N-methyl/N-ethyl adjacent to an activating group) is 1. The van der Waals surface area contributed by atoms with Gasteiger partial charge in [-0.25, -0.2) is 4.98 Å². The maximum absolute atomic E-state index is 5.37. The van der Waals surface area contributed by atoms with E-state index in [9.17, 15) is 0 Å². The quantitative estimate of drug-likeness (QED) is 0.867. The van der Waals surface area contributed by atoms with Gasteiger partial charge in [-0.2, -0.15) is 0 Å². The van der Waals surface area contributed by atoms with Gasteiger partial charge in [0.15, 0.2) is 0 Å². The van der Waals surface area contributed by atoms with Crippen molar-refractivity contribution < 1.29 is 4.74 Å². The highest BCUT2D eigenvalue weighted by molar-refractivity contribution is 5.84. The molecule has 2 aromatic rings. The van der Waals surface area contributed by atoms with Gasteiger partial charge in [-0.15, -0.1) is 0 Å². The zero-order valence-corrected chi connectivity index (χ0v) is 13.7. The fourth-order valence-corrected chi connectivity index (χ4v) is 2.92. The van der Waals surface area contributed by atoms with Gasteiger partial charge in [0.2, 0.25) is 0 Å². The predicted molar refractivity (Wildman–Crippen MR) is 90.6 cm³/mol. The number of methoxy groups -OCH3 is 1. The van der Waals surface area contributed by atoms with E-state index in [2.05, 4.69) is 65.8 Å². The summed E-state index contributed by atoms with van der Waals surface area (Å²) in [6, 6.07) is 6.46. The summed E-state index contributed by atoms with van der Waals surface area (Å²) in [6.07, 6.45) is 6.53. The lowest BCUT2D eigenvalue weighted by Gasteiger charge is -2.21. The molecule has 1 aliphatic rings. The van der Waals surface area contributed by atoms with Gasteiger partial charge in [-0.1, -0.05) is 17.7 Å². The highest BCUT2D eigenvalue weighted by Crippen LogP contribution is 2.25. The second-order valence-electron chi connectivity index (χ2n) is 6.14. The number of benzene rings is 1. The Balaban J connectivity index is 2.00. The zero-order chi connectivity index (χ0) is 15.7. The van der Waals surface area contributed by atoms with Gasteiger partial charge >= 0.3 is 0 Å². The third-order valence-electron chi connectivity index (χ3n) is 4.07. The van der Waals surface area contributed by atoms with E-state index in [0.29, 0.717) is 0 Å². The van der Waals surface area contributed by atoms with E-state index in [1.807, 2.05) is 6.33 Å². The van der Waals surface area contributed by atoms with E-state index in [-0.39, 0.29) is 6.10 Å². The first-order valence-electron chi connectivity index (χ1n) is 7.64. The highest BCUT2D eigenvalue weighted by Gasteiger charge is 2.11. The minimum Gasteiger partial charge on any atom is -0.380 e. The van der Waals surface area contributed by atoms with Gasteiger partial charge in [0.1, 0.15) is 0 Å². The fraction of sp³-hybridized carbons (Fsp3) is 0.389. The van der Waals surface area contributed by atoms with Crippen molar-refractivity contribution in [3.05, 3.63) is 47.9 Å². The number of hydrogen-bond donors (Lipinski definition) is 0. The van der Waals surface area contributed by atoms with Crippen LogP contribution in [0.3, 0.4) is 0 Å². The van der Waals surface area contributed by atoms with Crippen LogP contribution in [0.4, 0.5) is 0 Å². The van der Waals surface area contributed by atoms with Crippen LogP contribution >= 0.6 is 0 Å². The van der Waals surface area contributed by atoms with Crippen molar-refractivity contribution in [2.75, 3.05) is 20.7 Å². The molecule has 22 heavy (non-hydrogen) atoms. The third-order valence-corrected chi connectivity index (χ3v) is 4.07. The van der Waals surface area contributed by atoms with Crippen LogP contribution in [0.2, 0.25) is 0 Å². The number of fused-ring (bicyclic) bond motifs is 1. The summed E-state index contributed by atoms with van der Waals surface area (Å²) >= 11 is 0. The molecule has 0 aliphatic carbocycles. The van der Waals surface area contributed by atoms with Crippen LogP contribution in [0.5, 0.6) is 0 Å². The monoisotopic (exact) mass is 297 g/mol. The summed E-state index contributed by atoms with van der Waals surface area (Å²) in [5.74, 6) is 0. The standard InChI is InChI=1S/C18H23N3O/c1-13-7-16(11-20(3)9-13)15-5-6-17-18(8-15)21(12-19-17)10-14(2)22-4/h5-8,11-12,14H,9-10H2,1-4H3. The van der Waals surface area contributed by atoms with Crippen LogP contribution in [0.15, 0.2) is 42.4 Å².